The van der Waals surface area contributed by atoms with Crippen molar-refractivity contribution < 1.29 is 5.11 Å². The zero-order valence-electron chi connectivity index (χ0n) is 11.4. The van der Waals surface area contributed by atoms with Gasteiger partial charge in [0.1, 0.15) is 0 Å². The van der Waals surface area contributed by atoms with Crippen LogP contribution in [0.2, 0.25) is 0 Å². The van der Waals surface area contributed by atoms with Gasteiger partial charge in [-0.2, -0.15) is 0 Å². The average Bonchev–Trinajstić information content (AvgIpc) is 3.09. The van der Waals surface area contributed by atoms with E-state index in [2.05, 4.69) is 43.0 Å². The third kappa shape index (κ3) is 2.32. The summed E-state index contributed by atoms with van der Waals surface area (Å²) >= 11 is 0. The molecule has 1 aliphatic heterocycles. The van der Waals surface area contributed by atoms with Crippen LogP contribution in [0, 0.1) is 6.92 Å². The predicted octanol–water partition coefficient (Wildman–Crippen LogP) is 2.53. The molecule has 1 N–H and O–H groups in total. The Kier molecular flexibility index (Phi) is 2.95. The van der Waals surface area contributed by atoms with E-state index in [0.29, 0.717) is 6.04 Å². The number of benzene rings is 1. The highest BCUT2D eigenvalue weighted by molar-refractivity contribution is 5.27. The number of β-amino-alcohol motifs (C(OH)–C–C–N with tert-alkyl or cyclic N) is 1. The van der Waals surface area contributed by atoms with Gasteiger partial charge >= 0.3 is 0 Å². The molecule has 1 heterocycles. The Hall–Kier alpha value is -0.860. The van der Waals surface area contributed by atoms with Gasteiger partial charge in [0.05, 0.1) is 5.60 Å². The van der Waals surface area contributed by atoms with E-state index in [-0.39, 0.29) is 0 Å². The summed E-state index contributed by atoms with van der Waals surface area (Å²) in [6.07, 6.45) is 4.36. The van der Waals surface area contributed by atoms with E-state index < -0.39 is 5.60 Å². The Morgan fingerprint density at radius 3 is 2.72 bits per heavy atom. The SMILES string of the molecule is Cc1ccccc1CC1(O)CC(C)N(C2CC2)C1. The molecule has 2 aliphatic rings. The smallest absolute Gasteiger partial charge is 0.0829 e. The normalized spacial score (nSPS) is 32.9. The van der Waals surface area contributed by atoms with Crippen molar-refractivity contribution >= 4 is 0 Å². The zero-order chi connectivity index (χ0) is 12.8. The second kappa shape index (κ2) is 4.36. The van der Waals surface area contributed by atoms with Crippen molar-refractivity contribution in [1.29, 1.82) is 0 Å². The Morgan fingerprint density at radius 1 is 1.33 bits per heavy atom. The minimum atomic E-state index is -0.520. The maximum Gasteiger partial charge on any atom is 0.0829 e. The summed E-state index contributed by atoms with van der Waals surface area (Å²) in [6.45, 7) is 5.25. The van der Waals surface area contributed by atoms with E-state index >= 15 is 0 Å². The van der Waals surface area contributed by atoms with Crippen molar-refractivity contribution in [2.45, 2.75) is 57.2 Å². The first-order chi connectivity index (χ1) is 8.57. The van der Waals surface area contributed by atoms with Crippen molar-refractivity contribution in [3.63, 3.8) is 0 Å². The summed E-state index contributed by atoms with van der Waals surface area (Å²) < 4.78 is 0. The molecule has 0 spiro atoms. The Balaban J connectivity index is 1.74. The van der Waals surface area contributed by atoms with Crippen LogP contribution in [-0.4, -0.2) is 34.2 Å². The molecule has 1 saturated carbocycles. The number of rotatable bonds is 3. The van der Waals surface area contributed by atoms with Gasteiger partial charge in [0.25, 0.3) is 0 Å². The standard InChI is InChI=1S/C16H23NO/c1-12-5-3-4-6-14(12)10-16(18)9-13(2)17(11-16)15-7-8-15/h3-6,13,15,18H,7-11H2,1-2H3. The van der Waals surface area contributed by atoms with Crippen LogP contribution in [0.3, 0.4) is 0 Å². The molecule has 3 rings (SSSR count). The first-order valence-electron chi connectivity index (χ1n) is 7.10. The number of likely N-dealkylation sites (tertiary alicyclic amines) is 1. The average molecular weight is 245 g/mol. The van der Waals surface area contributed by atoms with Gasteiger partial charge in [-0.3, -0.25) is 4.90 Å². The molecule has 0 bridgehead atoms. The van der Waals surface area contributed by atoms with Gasteiger partial charge in [0, 0.05) is 25.0 Å². The third-order valence-corrected chi connectivity index (χ3v) is 4.52. The minimum absolute atomic E-state index is 0.520. The summed E-state index contributed by atoms with van der Waals surface area (Å²) in [5, 5.41) is 10.8. The monoisotopic (exact) mass is 245 g/mol. The predicted molar refractivity (Wildman–Crippen MR) is 73.6 cm³/mol. The molecule has 98 valence electrons. The van der Waals surface area contributed by atoms with Crippen LogP contribution in [0.15, 0.2) is 24.3 Å². The lowest BCUT2D eigenvalue weighted by Gasteiger charge is -2.24. The number of hydrogen-bond acceptors (Lipinski definition) is 2. The van der Waals surface area contributed by atoms with Crippen LogP contribution in [0.5, 0.6) is 0 Å². The molecule has 18 heavy (non-hydrogen) atoms. The zero-order valence-corrected chi connectivity index (χ0v) is 11.4. The molecular formula is C16H23NO. The number of aliphatic hydroxyl groups is 1. The summed E-state index contributed by atoms with van der Waals surface area (Å²) in [7, 11) is 0. The van der Waals surface area contributed by atoms with E-state index in [4.69, 9.17) is 0 Å². The molecule has 2 heteroatoms. The van der Waals surface area contributed by atoms with Crippen LogP contribution in [-0.2, 0) is 6.42 Å². The third-order valence-electron chi connectivity index (χ3n) is 4.52. The van der Waals surface area contributed by atoms with Crippen LogP contribution in [0.25, 0.3) is 0 Å². The van der Waals surface area contributed by atoms with Gasteiger partial charge in [-0.15, -0.1) is 0 Å². The lowest BCUT2D eigenvalue weighted by molar-refractivity contribution is 0.0485. The highest BCUT2D eigenvalue weighted by Crippen LogP contribution is 2.38. The molecular weight excluding hydrogens is 222 g/mol. The Morgan fingerprint density at radius 2 is 2.06 bits per heavy atom. The first kappa shape index (κ1) is 12.2. The molecule has 1 aromatic rings. The molecule has 1 saturated heterocycles. The quantitative estimate of drug-likeness (QED) is 0.884. The number of aryl methyl sites for hydroxylation is 1. The fourth-order valence-electron chi connectivity index (χ4n) is 3.41. The summed E-state index contributed by atoms with van der Waals surface area (Å²) in [5.41, 5.74) is 2.07. The molecule has 1 aromatic carbocycles. The fraction of sp³-hybridized carbons (Fsp3) is 0.625. The van der Waals surface area contributed by atoms with Crippen molar-refractivity contribution in [2.24, 2.45) is 0 Å². The van der Waals surface area contributed by atoms with Crippen molar-refractivity contribution in [2.75, 3.05) is 6.54 Å². The van der Waals surface area contributed by atoms with E-state index in [1.54, 1.807) is 0 Å². The molecule has 0 aromatic heterocycles. The van der Waals surface area contributed by atoms with Gasteiger partial charge in [-0.1, -0.05) is 24.3 Å². The second-order valence-corrected chi connectivity index (χ2v) is 6.28. The molecule has 2 nitrogen and oxygen atoms in total. The van der Waals surface area contributed by atoms with E-state index in [1.165, 1.54) is 24.0 Å². The molecule has 2 atom stereocenters. The van der Waals surface area contributed by atoms with Gasteiger partial charge in [-0.05, 0) is 44.2 Å². The highest BCUT2D eigenvalue weighted by Gasteiger charge is 2.45. The lowest BCUT2D eigenvalue weighted by Crippen LogP contribution is -2.36. The summed E-state index contributed by atoms with van der Waals surface area (Å²) in [4.78, 5) is 2.51. The van der Waals surface area contributed by atoms with Gasteiger partial charge in [-0.25, -0.2) is 0 Å². The molecule has 2 fully saturated rings. The molecule has 1 aliphatic carbocycles. The van der Waals surface area contributed by atoms with Crippen molar-refractivity contribution in [1.82, 2.24) is 4.90 Å². The number of hydrogen-bond donors (Lipinski definition) is 1. The second-order valence-electron chi connectivity index (χ2n) is 6.28. The molecule has 0 amide bonds. The topological polar surface area (TPSA) is 23.5 Å². The van der Waals surface area contributed by atoms with Gasteiger partial charge in [0.2, 0.25) is 0 Å². The van der Waals surface area contributed by atoms with E-state index in [1.807, 2.05) is 0 Å². The van der Waals surface area contributed by atoms with E-state index in [0.717, 1.165) is 25.4 Å². The maximum absolute atomic E-state index is 10.8. The minimum Gasteiger partial charge on any atom is -0.388 e. The van der Waals surface area contributed by atoms with Crippen molar-refractivity contribution in [3.05, 3.63) is 35.4 Å². The molecule has 0 radical (unpaired) electrons. The van der Waals surface area contributed by atoms with Gasteiger partial charge < -0.3 is 5.11 Å². The van der Waals surface area contributed by atoms with Gasteiger partial charge in [0.15, 0.2) is 0 Å². The van der Waals surface area contributed by atoms with Crippen molar-refractivity contribution in [3.8, 4) is 0 Å². The summed E-state index contributed by atoms with van der Waals surface area (Å²) in [5.74, 6) is 0. The van der Waals surface area contributed by atoms with Crippen LogP contribution in [0.1, 0.15) is 37.3 Å². The first-order valence-corrected chi connectivity index (χ1v) is 7.10. The number of nitrogens with zero attached hydrogens (tertiary/aromatic N) is 1. The summed E-state index contributed by atoms with van der Waals surface area (Å²) in [6, 6.07) is 9.71. The Bertz CT molecular complexity index is 440. The van der Waals surface area contributed by atoms with Crippen LogP contribution in [0.4, 0.5) is 0 Å². The van der Waals surface area contributed by atoms with Crippen LogP contribution < -0.4 is 0 Å². The maximum atomic E-state index is 10.8. The van der Waals surface area contributed by atoms with E-state index in [9.17, 15) is 5.11 Å². The largest absolute Gasteiger partial charge is 0.388 e. The Labute approximate surface area is 110 Å². The fourth-order valence-corrected chi connectivity index (χ4v) is 3.41. The van der Waals surface area contributed by atoms with Crippen LogP contribution >= 0.6 is 0 Å². The molecule has 2 unspecified atom stereocenters. The highest BCUT2D eigenvalue weighted by atomic mass is 16.3. The lowest BCUT2D eigenvalue weighted by atomic mass is 9.90.